The number of carbonyl (C=O) groups excluding carboxylic acids is 1. The smallest absolute Gasteiger partial charge is 0.271 e. The van der Waals surface area contributed by atoms with Gasteiger partial charge < -0.3 is 9.88 Å². The quantitative estimate of drug-likeness (QED) is 0.503. The van der Waals surface area contributed by atoms with E-state index in [1.807, 2.05) is 17.6 Å². The molecule has 136 valence electrons. The van der Waals surface area contributed by atoms with Gasteiger partial charge in [-0.25, -0.2) is 0 Å². The van der Waals surface area contributed by atoms with Crippen LogP contribution in [0, 0.1) is 10.1 Å². The minimum Gasteiger partial charge on any atom is -0.343 e. The molecule has 4 rings (SSSR count). The molecule has 0 saturated carbocycles. The lowest BCUT2D eigenvalue weighted by Gasteiger charge is -2.13. The molecule has 1 aliphatic heterocycles. The molecular weight excluding hydrogens is 414 g/mol. The summed E-state index contributed by atoms with van der Waals surface area (Å²) in [6.07, 6.45) is 2.36. The SMILES string of the molecule is C[C@@H]1Cc2cc(Br)cc3c(=O)c(C(=O)Nc4cccc([N+](=O)[O-])c4)cn1c23. The monoisotopic (exact) mass is 427 g/mol. The molecule has 2 aromatic carbocycles. The van der Waals surface area contributed by atoms with Gasteiger partial charge in [0.1, 0.15) is 5.56 Å². The Hall–Kier alpha value is -3.00. The summed E-state index contributed by atoms with van der Waals surface area (Å²) in [5, 5.41) is 14.0. The van der Waals surface area contributed by atoms with E-state index < -0.39 is 10.8 Å². The Labute approximate surface area is 161 Å². The molecule has 2 heterocycles. The predicted molar refractivity (Wildman–Crippen MR) is 105 cm³/mol. The van der Waals surface area contributed by atoms with Crippen molar-refractivity contribution in [3.63, 3.8) is 0 Å². The van der Waals surface area contributed by atoms with Gasteiger partial charge in [0.05, 0.1) is 10.4 Å². The lowest BCUT2D eigenvalue weighted by molar-refractivity contribution is -0.384. The Morgan fingerprint density at radius 2 is 2.11 bits per heavy atom. The molecular formula is C19H14BrN3O4. The summed E-state index contributed by atoms with van der Waals surface area (Å²) >= 11 is 3.43. The van der Waals surface area contributed by atoms with Crippen LogP contribution in [0.2, 0.25) is 0 Å². The van der Waals surface area contributed by atoms with Crippen LogP contribution in [0.5, 0.6) is 0 Å². The zero-order valence-corrected chi connectivity index (χ0v) is 15.8. The van der Waals surface area contributed by atoms with Gasteiger partial charge in [0.15, 0.2) is 0 Å². The van der Waals surface area contributed by atoms with Gasteiger partial charge in [-0.05, 0) is 37.1 Å². The van der Waals surface area contributed by atoms with Gasteiger partial charge in [-0.3, -0.25) is 19.7 Å². The van der Waals surface area contributed by atoms with E-state index in [-0.39, 0.29) is 28.4 Å². The van der Waals surface area contributed by atoms with Crippen molar-refractivity contribution < 1.29 is 9.72 Å². The van der Waals surface area contributed by atoms with Gasteiger partial charge in [-0.15, -0.1) is 0 Å². The first-order valence-electron chi connectivity index (χ1n) is 8.28. The minimum atomic E-state index is -0.591. The Kier molecular flexibility index (Phi) is 4.07. The second kappa shape index (κ2) is 6.31. The number of rotatable bonds is 3. The first kappa shape index (κ1) is 17.4. The van der Waals surface area contributed by atoms with E-state index in [1.165, 1.54) is 18.2 Å². The number of pyridine rings is 1. The fourth-order valence-corrected chi connectivity index (χ4v) is 4.02. The van der Waals surface area contributed by atoms with Gasteiger partial charge in [0, 0.05) is 39.9 Å². The molecule has 1 N–H and O–H groups in total. The van der Waals surface area contributed by atoms with Crippen LogP contribution in [-0.4, -0.2) is 15.4 Å². The summed E-state index contributed by atoms with van der Waals surface area (Å²) in [4.78, 5) is 36.0. The topological polar surface area (TPSA) is 94.2 Å². The Morgan fingerprint density at radius 1 is 1.33 bits per heavy atom. The number of hydrogen-bond donors (Lipinski definition) is 1. The number of anilines is 1. The van der Waals surface area contributed by atoms with E-state index >= 15 is 0 Å². The second-order valence-electron chi connectivity index (χ2n) is 6.55. The highest BCUT2D eigenvalue weighted by Crippen LogP contribution is 2.33. The van der Waals surface area contributed by atoms with Gasteiger partial charge >= 0.3 is 0 Å². The first-order valence-corrected chi connectivity index (χ1v) is 9.07. The van der Waals surface area contributed by atoms with Crippen molar-refractivity contribution in [2.75, 3.05) is 5.32 Å². The molecule has 0 saturated heterocycles. The summed E-state index contributed by atoms with van der Waals surface area (Å²) in [6.45, 7) is 2.03. The van der Waals surface area contributed by atoms with Gasteiger partial charge in [0.25, 0.3) is 11.6 Å². The van der Waals surface area contributed by atoms with E-state index in [0.717, 1.165) is 22.0 Å². The summed E-state index contributed by atoms with van der Waals surface area (Å²) in [6, 6.07) is 9.45. The van der Waals surface area contributed by atoms with Crippen LogP contribution in [0.4, 0.5) is 11.4 Å². The number of non-ortho nitro benzene ring substituents is 1. The highest BCUT2D eigenvalue weighted by molar-refractivity contribution is 9.10. The Morgan fingerprint density at radius 3 is 2.85 bits per heavy atom. The number of nitrogens with zero attached hydrogens (tertiary/aromatic N) is 2. The third kappa shape index (κ3) is 2.91. The van der Waals surface area contributed by atoms with E-state index in [4.69, 9.17) is 0 Å². The van der Waals surface area contributed by atoms with Crippen molar-refractivity contribution in [1.82, 2.24) is 4.57 Å². The molecule has 0 unspecified atom stereocenters. The third-order valence-electron chi connectivity index (χ3n) is 4.72. The lowest BCUT2D eigenvalue weighted by Crippen LogP contribution is -2.23. The number of nitrogens with one attached hydrogen (secondary N) is 1. The van der Waals surface area contributed by atoms with Crippen molar-refractivity contribution in [2.45, 2.75) is 19.4 Å². The molecule has 1 aliphatic rings. The molecule has 1 atom stereocenters. The zero-order valence-electron chi connectivity index (χ0n) is 14.2. The van der Waals surface area contributed by atoms with E-state index in [9.17, 15) is 19.7 Å². The number of nitro benzene ring substituents is 1. The fourth-order valence-electron chi connectivity index (χ4n) is 3.52. The second-order valence-corrected chi connectivity index (χ2v) is 7.47. The van der Waals surface area contributed by atoms with Crippen LogP contribution in [0.15, 0.2) is 51.9 Å². The molecule has 1 amide bonds. The molecule has 0 bridgehead atoms. The van der Waals surface area contributed by atoms with Crippen molar-refractivity contribution in [2.24, 2.45) is 0 Å². The first-order chi connectivity index (χ1) is 12.8. The van der Waals surface area contributed by atoms with Crippen LogP contribution < -0.4 is 10.7 Å². The number of hydrogen-bond acceptors (Lipinski definition) is 4. The lowest BCUT2D eigenvalue weighted by atomic mass is 10.1. The van der Waals surface area contributed by atoms with Gasteiger partial charge in [-0.2, -0.15) is 0 Å². The van der Waals surface area contributed by atoms with Crippen molar-refractivity contribution in [3.8, 4) is 0 Å². The molecule has 7 nitrogen and oxygen atoms in total. The number of halogens is 1. The standard InChI is InChI=1S/C19H14BrN3O4/c1-10-5-11-6-12(20)7-15-17(11)22(10)9-16(18(15)24)19(25)21-13-3-2-4-14(8-13)23(26)27/h2-4,6-10H,5H2,1H3,(H,21,25)/t10-/m1/s1. The number of benzene rings is 2. The van der Waals surface area contributed by atoms with Crippen LogP contribution in [0.3, 0.4) is 0 Å². The molecule has 0 fully saturated rings. The van der Waals surface area contributed by atoms with Gasteiger partial charge in [0.2, 0.25) is 5.43 Å². The van der Waals surface area contributed by atoms with Crippen molar-refractivity contribution >= 4 is 44.1 Å². The zero-order chi connectivity index (χ0) is 19.3. The number of amides is 1. The van der Waals surface area contributed by atoms with Crippen molar-refractivity contribution in [1.29, 1.82) is 0 Å². The molecule has 0 radical (unpaired) electrons. The summed E-state index contributed by atoms with van der Waals surface area (Å²) in [5.41, 5.74) is 1.69. The highest BCUT2D eigenvalue weighted by Gasteiger charge is 2.25. The molecule has 1 aromatic heterocycles. The maximum atomic E-state index is 12.9. The van der Waals surface area contributed by atoms with E-state index in [0.29, 0.717) is 5.39 Å². The normalized spacial score (nSPS) is 15.1. The largest absolute Gasteiger partial charge is 0.343 e. The molecule has 8 heteroatoms. The summed E-state index contributed by atoms with van der Waals surface area (Å²) < 4.78 is 2.74. The fraction of sp³-hybridized carbons (Fsp3) is 0.158. The maximum absolute atomic E-state index is 12.9. The van der Waals surface area contributed by atoms with Crippen LogP contribution in [-0.2, 0) is 6.42 Å². The van der Waals surface area contributed by atoms with Crippen molar-refractivity contribution in [3.05, 3.63) is 78.5 Å². The predicted octanol–water partition coefficient (Wildman–Crippen LogP) is 4.04. The molecule has 0 aliphatic carbocycles. The summed E-state index contributed by atoms with van der Waals surface area (Å²) in [7, 11) is 0. The number of aromatic nitrogens is 1. The van der Waals surface area contributed by atoms with E-state index in [2.05, 4.69) is 21.2 Å². The average Bonchev–Trinajstić information content (AvgIpc) is 2.93. The highest BCUT2D eigenvalue weighted by atomic mass is 79.9. The number of carbonyl (C=O) groups is 1. The Bertz CT molecular complexity index is 1190. The van der Waals surface area contributed by atoms with Crippen LogP contribution in [0.1, 0.15) is 28.9 Å². The summed E-state index contributed by atoms with van der Waals surface area (Å²) in [5.74, 6) is -0.591. The molecule has 0 spiro atoms. The molecule has 27 heavy (non-hydrogen) atoms. The van der Waals surface area contributed by atoms with Crippen LogP contribution in [0.25, 0.3) is 10.9 Å². The minimum absolute atomic E-state index is 0.00630. The maximum Gasteiger partial charge on any atom is 0.271 e. The third-order valence-corrected chi connectivity index (χ3v) is 5.18. The van der Waals surface area contributed by atoms with Gasteiger partial charge in [-0.1, -0.05) is 22.0 Å². The van der Waals surface area contributed by atoms with Crippen LogP contribution >= 0.6 is 15.9 Å². The van der Waals surface area contributed by atoms with E-state index in [1.54, 1.807) is 18.3 Å². The molecule has 3 aromatic rings. The Balaban J connectivity index is 1.80. The average molecular weight is 428 g/mol. The number of nitro groups is 1.